The molecule has 2 rings (SSSR count). The fraction of sp³-hybridized carbons (Fsp3) is 0.571. The standard InChI is InChI=1S/C14H21NO/c1-3-15-13-9-14(10-13)16-11(2)12-7-5-4-6-8-12/h4-8,11,13-15H,3,9-10H2,1-2H3. The Morgan fingerprint density at radius 1 is 1.31 bits per heavy atom. The molecule has 1 atom stereocenters. The van der Waals surface area contributed by atoms with E-state index in [0.717, 1.165) is 19.4 Å². The SMILES string of the molecule is CCNC1CC(OC(C)c2ccccc2)C1. The van der Waals surface area contributed by atoms with Crippen molar-refractivity contribution in [1.29, 1.82) is 0 Å². The summed E-state index contributed by atoms with van der Waals surface area (Å²) >= 11 is 0. The third-order valence-corrected chi connectivity index (χ3v) is 3.25. The van der Waals surface area contributed by atoms with Gasteiger partial charge in [-0.15, -0.1) is 0 Å². The van der Waals surface area contributed by atoms with Crippen molar-refractivity contribution in [1.82, 2.24) is 5.32 Å². The first kappa shape index (κ1) is 11.6. The lowest BCUT2D eigenvalue weighted by atomic mass is 9.89. The lowest BCUT2D eigenvalue weighted by molar-refractivity contribution is -0.0585. The monoisotopic (exact) mass is 219 g/mol. The van der Waals surface area contributed by atoms with Crippen molar-refractivity contribution in [3.05, 3.63) is 35.9 Å². The van der Waals surface area contributed by atoms with E-state index in [1.54, 1.807) is 0 Å². The van der Waals surface area contributed by atoms with E-state index in [4.69, 9.17) is 4.74 Å². The maximum Gasteiger partial charge on any atom is 0.0800 e. The lowest BCUT2D eigenvalue weighted by Gasteiger charge is -2.37. The van der Waals surface area contributed by atoms with Crippen LogP contribution in [-0.4, -0.2) is 18.7 Å². The van der Waals surface area contributed by atoms with Gasteiger partial charge < -0.3 is 10.1 Å². The van der Waals surface area contributed by atoms with Crippen molar-refractivity contribution in [3.63, 3.8) is 0 Å². The Bertz CT molecular complexity index is 306. The number of nitrogens with one attached hydrogen (secondary N) is 1. The zero-order valence-electron chi connectivity index (χ0n) is 10.1. The highest BCUT2D eigenvalue weighted by Crippen LogP contribution is 2.29. The third kappa shape index (κ3) is 2.83. The highest BCUT2D eigenvalue weighted by atomic mass is 16.5. The van der Waals surface area contributed by atoms with Gasteiger partial charge in [0.15, 0.2) is 0 Å². The van der Waals surface area contributed by atoms with E-state index in [-0.39, 0.29) is 6.10 Å². The Balaban J connectivity index is 1.75. The minimum absolute atomic E-state index is 0.216. The number of rotatable bonds is 5. The van der Waals surface area contributed by atoms with Gasteiger partial charge in [-0.25, -0.2) is 0 Å². The van der Waals surface area contributed by atoms with Crippen LogP contribution >= 0.6 is 0 Å². The van der Waals surface area contributed by atoms with Crippen molar-refractivity contribution in [2.24, 2.45) is 0 Å². The van der Waals surface area contributed by atoms with E-state index in [2.05, 4.69) is 43.4 Å². The van der Waals surface area contributed by atoms with Crippen LogP contribution in [0.25, 0.3) is 0 Å². The molecule has 1 aromatic rings. The lowest BCUT2D eigenvalue weighted by Crippen LogP contribution is -2.45. The van der Waals surface area contributed by atoms with Gasteiger partial charge in [-0.3, -0.25) is 0 Å². The Labute approximate surface area is 98.0 Å². The second kappa shape index (κ2) is 5.46. The minimum atomic E-state index is 0.216. The zero-order valence-corrected chi connectivity index (χ0v) is 10.1. The molecule has 1 saturated carbocycles. The topological polar surface area (TPSA) is 21.3 Å². The molecule has 1 unspecified atom stereocenters. The first-order chi connectivity index (χ1) is 7.79. The van der Waals surface area contributed by atoms with Crippen molar-refractivity contribution < 1.29 is 4.74 Å². The van der Waals surface area contributed by atoms with Gasteiger partial charge in [0.25, 0.3) is 0 Å². The van der Waals surface area contributed by atoms with Crippen LogP contribution < -0.4 is 5.32 Å². The Morgan fingerprint density at radius 2 is 2.00 bits per heavy atom. The van der Waals surface area contributed by atoms with Gasteiger partial charge in [-0.1, -0.05) is 37.3 Å². The first-order valence-electron chi connectivity index (χ1n) is 6.23. The second-order valence-corrected chi connectivity index (χ2v) is 4.54. The van der Waals surface area contributed by atoms with Gasteiger partial charge in [-0.05, 0) is 31.9 Å². The molecule has 88 valence electrons. The molecule has 0 bridgehead atoms. The van der Waals surface area contributed by atoms with Crippen molar-refractivity contribution in [3.8, 4) is 0 Å². The Hall–Kier alpha value is -0.860. The normalized spacial score (nSPS) is 26.1. The fourth-order valence-corrected chi connectivity index (χ4v) is 2.22. The van der Waals surface area contributed by atoms with E-state index in [1.165, 1.54) is 5.56 Å². The van der Waals surface area contributed by atoms with Gasteiger partial charge in [0.2, 0.25) is 0 Å². The number of benzene rings is 1. The molecule has 2 heteroatoms. The summed E-state index contributed by atoms with van der Waals surface area (Å²) in [7, 11) is 0. The van der Waals surface area contributed by atoms with Gasteiger partial charge in [-0.2, -0.15) is 0 Å². The summed E-state index contributed by atoms with van der Waals surface area (Å²) in [4.78, 5) is 0. The maximum atomic E-state index is 6.01. The molecule has 0 aromatic heterocycles. The van der Waals surface area contributed by atoms with E-state index in [1.807, 2.05) is 6.07 Å². The van der Waals surface area contributed by atoms with Crippen LogP contribution in [0.1, 0.15) is 38.4 Å². The molecule has 1 aromatic carbocycles. The molecule has 0 heterocycles. The molecule has 1 aliphatic rings. The van der Waals surface area contributed by atoms with Crippen LogP contribution in [-0.2, 0) is 4.74 Å². The molecule has 2 nitrogen and oxygen atoms in total. The summed E-state index contributed by atoms with van der Waals surface area (Å²) in [6.07, 6.45) is 2.98. The summed E-state index contributed by atoms with van der Waals surface area (Å²) in [6, 6.07) is 11.1. The summed E-state index contributed by atoms with van der Waals surface area (Å²) < 4.78 is 6.01. The second-order valence-electron chi connectivity index (χ2n) is 4.54. The summed E-state index contributed by atoms with van der Waals surface area (Å²) in [5, 5.41) is 3.44. The van der Waals surface area contributed by atoms with Crippen LogP contribution in [0.5, 0.6) is 0 Å². The molecule has 0 spiro atoms. The number of hydrogen-bond acceptors (Lipinski definition) is 2. The van der Waals surface area contributed by atoms with E-state index < -0.39 is 0 Å². The van der Waals surface area contributed by atoms with Crippen LogP contribution in [0.15, 0.2) is 30.3 Å². The van der Waals surface area contributed by atoms with Gasteiger partial charge in [0.1, 0.15) is 0 Å². The fourth-order valence-electron chi connectivity index (χ4n) is 2.22. The molecular weight excluding hydrogens is 198 g/mol. The molecule has 0 saturated heterocycles. The summed E-state index contributed by atoms with van der Waals surface area (Å²) in [6.45, 7) is 5.35. The third-order valence-electron chi connectivity index (χ3n) is 3.25. The van der Waals surface area contributed by atoms with Gasteiger partial charge in [0.05, 0.1) is 12.2 Å². The molecular formula is C14H21NO. The smallest absolute Gasteiger partial charge is 0.0800 e. The first-order valence-corrected chi connectivity index (χ1v) is 6.23. The molecule has 0 radical (unpaired) electrons. The minimum Gasteiger partial charge on any atom is -0.370 e. The Kier molecular flexibility index (Phi) is 3.97. The molecule has 0 amide bonds. The molecule has 0 aliphatic heterocycles. The van der Waals surface area contributed by atoms with Crippen molar-refractivity contribution in [2.45, 2.75) is 44.9 Å². The highest BCUT2D eigenvalue weighted by molar-refractivity contribution is 5.17. The van der Waals surface area contributed by atoms with Crippen molar-refractivity contribution in [2.75, 3.05) is 6.54 Å². The number of hydrogen-bond donors (Lipinski definition) is 1. The van der Waals surface area contributed by atoms with Crippen LogP contribution in [0, 0.1) is 0 Å². The van der Waals surface area contributed by atoms with Crippen LogP contribution in [0.4, 0.5) is 0 Å². The quantitative estimate of drug-likeness (QED) is 0.822. The predicted molar refractivity (Wildman–Crippen MR) is 66.4 cm³/mol. The highest BCUT2D eigenvalue weighted by Gasteiger charge is 2.30. The Morgan fingerprint density at radius 3 is 2.62 bits per heavy atom. The molecule has 1 N–H and O–H groups in total. The average molecular weight is 219 g/mol. The molecule has 1 aliphatic carbocycles. The summed E-state index contributed by atoms with van der Waals surface area (Å²) in [5.41, 5.74) is 1.27. The van der Waals surface area contributed by atoms with E-state index >= 15 is 0 Å². The molecule has 16 heavy (non-hydrogen) atoms. The van der Waals surface area contributed by atoms with E-state index in [0.29, 0.717) is 12.1 Å². The van der Waals surface area contributed by atoms with Gasteiger partial charge in [0, 0.05) is 6.04 Å². The number of ether oxygens (including phenoxy) is 1. The predicted octanol–water partition coefficient (Wildman–Crippen LogP) is 2.90. The molecule has 1 fully saturated rings. The van der Waals surface area contributed by atoms with E-state index in [9.17, 15) is 0 Å². The largest absolute Gasteiger partial charge is 0.370 e. The maximum absolute atomic E-state index is 6.01. The zero-order chi connectivity index (χ0) is 11.4. The average Bonchev–Trinajstić information content (AvgIpc) is 2.27. The van der Waals surface area contributed by atoms with Crippen LogP contribution in [0.3, 0.4) is 0 Å². The van der Waals surface area contributed by atoms with Gasteiger partial charge >= 0.3 is 0 Å². The van der Waals surface area contributed by atoms with Crippen molar-refractivity contribution >= 4 is 0 Å². The van der Waals surface area contributed by atoms with Crippen LogP contribution in [0.2, 0.25) is 0 Å². The summed E-state index contributed by atoms with van der Waals surface area (Å²) in [5.74, 6) is 0.